The fourth-order valence-electron chi connectivity index (χ4n) is 2.13. The van der Waals surface area contributed by atoms with Gasteiger partial charge in [0.2, 0.25) is 0 Å². The van der Waals surface area contributed by atoms with E-state index in [0.29, 0.717) is 12.5 Å². The first-order chi connectivity index (χ1) is 9.04. The predicted molar refractivity (Wildman–Crippen MR) is 79.8 cm³/mol. The van der Waals surface area contributed by atoms with E-state index in [4.69, 9.17) is 4.74 Å². The number of carbonyl (C=O) groups excluding carboxylic acids is 1. The van der Waals surface area contributed by atoms with Crippen LogP contribution in [0.15, 0.2) is 40.6 Å². The zero-order chi connectivity index (χ0) is 13.8. The van der Waals surface area contributed by atoms with Crippen molar-refractivity contribution in [1.82, 2.24) is 0 Å². The molecule has 0 saturated carbocycles. The van der Waals surface area contributed by atoms with Crippen LogP contribution >= 0.6 is 15.9 Å². The highest BCUT2D eigenvalue weighted by atomic mass is 79.9. The van der Waals surface area contributed by atoms with Crippen LogP contribution in [0.5, 0.6) is 0 Å². The molecule has 3 heteroatoms. The molecule has 1 aromatic carbocycles. The van der Waals surface area contributed by atoms with Gasteiger partial charge in [-0.3, -0.25) is 4.79 Å². The summed E-state index contributed by atoms with van der Waals surface area (Å²) in [5, 5.41) is 0. The zero-order valence-corrected chi connectivity index (χ0v) is 12.9. The van der Waals surface area contributed by atoms with Crippen molar-refractivity contribution >= 4 is 21.7 Å². The molecular formula is C16H19BrO2. The summed E-state index contributed by atoms with van der Waals surface area (Å²) in [6.45, 7) is 4.90. The molecule has 0 radical (unpaired) electrons. The van der Waals surface area contributed by atoms with Gasteiger partial charge in [0, 0.05) is 22.9 Å². The van der Waals surface area contributed by atoms with E-state index in [1.165, 1.54) is 5.56 Å². The van der Waals surface area contributed by atoms with E-state index in [2.05, 4.69) is 41.9 Å². The van der Waals surface area contributed by atoms with Crippen LogP contribution in [-0.2, 0) is 16.0 Å². The van der Waals surface area contributed by atoms with Crippen molar-refractivity contribution < 1.29 is 9.53 Å². The molecule has 19 heavy (non-hydrogen) atoms. The van der Waals surface area contributed by atoms with Crippen molar-refractivity contribution in [2.75, 3.05) is 6.61 Å². The molecule has 1 aliphatic rings. The number of benzene rings is 1. The fourth-order valence-corrected chi connectivity index (χ4v) is 2.40. The SMILES string of the molecule is CC(C)COC1=CC(=O)C(Cc2ccc(Br)cc2)C1. The van der Waals surface area contributed by atoms with Crippen LogP contribution in [0.4, 0.5) is 0 Å². The third-order valence-electron chi connectivity index (χ3n) is 3.15. The van der Waals surface area contributed by atoms with Gasteiger partial charge in [0.25, 0.3) is 0 Å². The Labute approximate surface area is 123 Å². The Morgan fingerprint density at radius 3 is 2.63 bits per heavy atom. The molecule has 1 aliphatic carbocycles. The maximum atomic E-state index is 11.9. The van der Waals surface area contributed by atoms with Gasteiger partial charge in [0.1, 0.15) is 5.76 Å². The first-order valence-corrected chi connectivity index (χ1v) is 7.45. The van der Waals surface area contributed by atoms with Gasteiger partial charge in [0.05, 0.1) is 6.61 Å². The van der Waals surface area contributed by atoms with Crippen molar-refractivity contribution in [2.45, 2.75) is 26.7 Å². The number of rotatable bonds is 5. The topological polar surface area (TPSA) is 26.3 Å². The van der Waals surface area contributed by atoms with Gasteiger partial charge in [0.15, 0.2) is 5.78 Å². The average Bonchev–Trinajstić information content (AvgIpc) is 2.71. The largest absolute Gasteiger partial charge is 0.498 e. The lowest BCUT2D eigenvalue weighted by molar-refractivity contribution is -0.117. The molecule has 0 spiro atoms. The summed E-state index contributed by atoms with van der Waals surface area (Å²) in [5.41, 5.74) is 1.19. The highest BCUT2D eigenvalue weighted by Crippen LogP contribution is 2.27. The summed E-state index contributed by atoms with van der Waals surface area (Å²) in [6.07, 6.45) is 3.20. The van der Waals surface area contributed by atoms with Gasteiger partial charge >= 0.3 is 0 Å². The van der Waals surface area contributed by atoms with Gasteiger partial charge in [-0.1, -0.05) is 41.9 Å². The number of ketones is 1. The maximum absolute atomic E-state index is 11.9. The minimum Gasteiger partial charge on any atom is -0.498 e. The van der Waals surface area contributed by atoms with Crippen LogP contribution in [0.1, 0.15) is 25.8 Å². The van der Waals surface area contributed by atoms with E-state index in [9.17, 15) is 4.79 Å². The molecule has 0 N–H and O–H groups in total. The van der Waals surface area contributed by atoms with E-state index in [-0.39, 0.29) is 11.7 Å². The number of ether oxygens (including phenoxy) is 1. The molecule has 1 aromatic rings. The van der Waals surface area contributed by atoms with E-state index in [1.807, 2.05) is 12.1 Å². The molecule has 1 atom stereocenters. The van der Waals surface area contributed by atoms with Crippen LogP contribution in [-0.4, -0.2) is 12.4 Å². The Morgan fingerprint density at radius 1 is 1.32 bits per heavy atom. The smallest absolute Gasteiger partial charge is 0.162 e. The normalized spacial score (nSPS) is 18.8. The number of carbonyl (C=O) groups is 1. The number of hydrogen-bond acceptors (Lipinski definition) is 2. The molecule has 0 bridgehead atoms. The quantitative estimate of drug-likeness (QED) is 0.814. The molecule has 0 saturated heterocycles. The second-order valence-corrected chi connectivity index (χ2v) is 6.37. The summed E-state index contributed by atoms with van der Waals surface area (Å²) < 4.78 is 6.72. The number of allylic oxidation sites excluding steroid dienone is 2. The van der Waals surface area contributed by atoms with Crippen molar-refractivity contribution in [3.05, 3.63) is 46.1 Å². The summed E-state index contributed by atoms with van der Waals surface area (Å²) >= 11 is 3.42. The minimum atomic E-state index is 0.0448. The van der Waals surface area contributed by atoms with Gasteiger partial charge in [-0.2, -0.15) is 0 Å². The highest BCUT2D eigenvalue weighted by Gasteiger charge is 2.26. The first kappa shape index (κ1) is 14.3. The van der Waals surface area contributed by atoms with Gasteiger partial charge < -0.3 is 4.74 Å². The lowest BCUT2D eigenvalue weighted by Crippen LogP contribution is -2.10. The molecular weight excluding hydrogens is 304 g/mol. The maximum Gasteiger partial charge on any atom is 0.162 e. The van der Waals surface area contributed by atoms with Crippen molar-refractivity contribution in [3.8, 4) is 0 Å². The zero-order valence-electron chi connectivity index (χ0n) is 11.4. The summed E-state index contributed by atoms with van der Waals surface area (Å²) in [5.74, 6) is 1.58. The molecule has 1 unspecified atom stereocenters. The first-order valence-electron chi connectivity index (χ1n) is 6.66. The Bertz CT molecular complexity index is 474. The monoisotopic (exact) mass is 322 g/mol. The Hall–Kier alpha value is -1.09. The van der Waals surface area contributed by atoms with Gasteiger partial charge in [-0.05, 0) is 30.0 Å². The predicted octanol–water partition coefficient (Wildman–Crippen LogP) is 4.14. The second-order valence-electron chi connectivity index (χ2n) is 5.45. The Morgan fingerprint density at radius 2 is 2.00 bits per heavy atom. The van der Waals surface area contributed by atoms with Crippen molar-refractivity contribution in [1.29, 1.82) is 0 Å². The molecule has 2 rings (SSSR count). The molecule has 0 aliphatic heterocycles. The highest BCUT2D eigenvalue weighted by molar-refractivity contribution is 9.10. The summed E-state index contributed by atoms with van der Waals surface area (Å²) in [4.78, 5) is 11.9. The lowest BCUT2D eigenvalue weighted by Gasteiger charge is -2.11. The fraction of sp³-hybridized carbons (Fsp3) is 0.438. The second kappa shape index (κ2) is 6.38. The van der Waals surface area contributed by atoms with E-state index in [1.54, 1.807) is 6.08 Å². The lowest BCUT2D eigenvalue weighted by atomic mass is 9.96. The van der Waals surface area contributed by atoms with Crippen LogP contribution < -0.4 is 0 Å². The molecule has 2 nitrogen and oxygen atoms in total. The number of halogens is 1. The standard InChI is InChI=1S/C16H19BrO2/c1-11(2)10-19-15-8-13(16(18)9-15)7-12-3-5-14(17)6-4-12/h3-6,9,11,13H,7-8,10H2,1-2H3. The molecule has 0 aromatic heterocycles. The summed E-state index contributed by atoms with van der Waals surface area (Å²) in [7, 11) is 0. The van der Waals surface area contributed by atoms with E-state index < -0.39 is 0 Å². The van der Waals surface area contributed by atoms with E-state index in [0.717, 1.165) is 23.1 Å². The number of hydrogen-bond donors (Lipinski definition) is 0. The third-order valence-corrected chi connectivity index (χ3v) is 3.68. The molecule has 0 heterocycles. The van der Waals surface area contributed by atoms with Crippen molar-refractivity contribution in [3.63, 3.8) is 0 Å². The Balaban J connectivity index is 1.90. The van der Waals surface area contributed by atoms with Crippen molar-refractivity contribution in [2.24, 2.45) is 11.8 Å². The minimum absolute atomic E-state index is 0.0448. The van der Waals surface area contributed by atoms with Crippen LogP contribution in [0.25, 0.3) is 0 Å². The molecule has 102 valence electrons. The third kappa shape index (κ3) is 4.20. The van der Waals surface area contributed by atoms with Gasteiger partial charge in [-0.15, -0.1) is 0 Å². The van der Waals surface area contributed by atoms with Crippen LogP contribution in [0.3, 0.4) is 0 Å². The van der Waals surface area contributed by atoms with Crippen LogP contribution in [0, 0.1) is 11.8 Å². The Kier molecular flexibility index (Phi) is 4.81. The molecule has 0 fully saturated rings. The average molecular weight is 323 g/mol. The molecule has 0 amide bonds. The van der Waals surface area contributed by atoms with Crippen LogP contribution in [0.2, 0.25) is 0 Å². The van der Waals surface area contributed by atoms with Gasteiger partial charge in [-0.25, -0.2) is 0 Å². The van der Waals surface area contributed by atoms with E-state index >= 15 is 0 Å². The summed E-state index contributed by atoms with van der Waals surface area (Å²) in [6, 6.07) is 8.14.